The van der Waals surface area contributed by atoms with Crippen molar-refractivity contribution >= 4 is 39.1 Å². The van der Waals surface area contributed by atoms with Crippen LogP contribution in [-0.4, -0.2) is 28.4 Å². The van der Waals surface area contributed by atoms with Gasteiger partial charge in [0.2, 0.25) is 0 Å². The van der Waals surface area contributed by atoms with Crippen LogP contribution in [0.15, 0.2) is 16.7 Å². The average Bonchev–Trinajstić information content (AvgIpc) is 3.18. The number of carbonyl (C=O) groups excluding carboxylic acids is 1. The van der Waals surface area contributed by atoms with Gasteiger partial charge >= 0.3 is 5.97 Å². The molecule has 0 radical (unpaired) electrons. The molecule has 0 aromatic carbocycles. The predicted octanol–water partition coefficient (Wildman–Crippen LogP) is 3.95. The number of hydrogen-bond acceptors (Lipinski definition) is 7. The number of thiophene rings is 1. The summed E-state index contributed by atoms with van der Waals surface area (Å²) < 4.78 is 10.2. The fourth-order valence-electron chi connectivity index (χ4n) is 2.58. The molecule has 1 unspecified atom stereocenters. The highest BCUT2D eigenvalue weighted by Gasteiger charge is 2.29. The van der Waals surface area contributed by atoms with E-state index in [-0.39, 0.29) is 11.9 Å². The molecule has 0 spiro atoms. The Balaban J connectivity index is 1.91. The van der Waals surface area contributed by atoms with Gasteiger partial charge in [0.05, 0.1) is 12.0 Å². The summed E-state index contributed by atoms with van der Waals surface area (Å²) in [6.45, 7) is 5.80. The fraction of sp³-hybridized carbons (Fsp3) is 0.333. The maximum Gasteiger partial charge on any atom is 0.316 e. The third-order valence-electron chi connectivity index (χ3n) is 3.93. The first-order valence-corrected chi connectivity index (χ1v) is 9.09. The lowest BCUT2D eigenvalue weighted by molar-refractivity contribution is -0.144. The lowest BCUT2D eigenvalue weighted by atomic mass is 9.93. The molecule has 6 nitrogen and oxygen atoms in total. The highest BCUT2D eigenvalue weighted by Crippen LogP contribution is 2.30. The molecule has 26 heavy (non-hydrogen) atoms. The minimum Gasteiger partial charge on any atom is -0.468 e. The van der Waals surface area contributed by atoms with E-state index in [2.05, 4.69) is 27.2 Å². The number of hydrogen-bond donors (Lipinski definition) is 0. The molecule has 3 heterocycles. The monoisotopic (exact) mass is 389 g/mol. The van der Waals surface area contributed by atoms with E-state index < -0.39 is 5.92 Å². The zero-order valence-corrected chi connectivity index (χ0v) is 16.2. The fourth-order valence-corrected chi connectivity index (χ4v) is 3.68. The molecule has 8 heteroatoms. The summed E-state index contributed by atoms with van der Waals surface area (Å²) in [5, 5.41) is 13.2. The number of ether oxygens (including phenoxy) is 1. The highest BCUT2D eigenvalue weighted by molar-refractivity contribution is 7.19. The van der Waals surface area contributed by atoms with Crippen LogP contribution in [0.2, 0.25) is 5.15 Å². The van der Waals surface area contributed by atoms with E-state index in [0.717, 1.165) is 20.7 Å². The Morgan fingerprint density at radius 3 is 2.77 bits per heavy atom. The Bertz CT molecular complexity index is 1030. The smallest absolute Gasteiger partial charge is 0.316 e. The van der Waals surface area contributed by atoms with E-state index in [1.165, 1.54) is 18.4 Å². The van der Waals surface area contributed by atoms with Gasteiger partial charge in [-0.2, -0.15) is 0 Å². The standard InChI is InChI=1S/C18H16ClN3O3S/c1-9(2)16(18(23)24-4)13-7-11(22-25-13)5-6-14-10(3)12-8-15(19)20-21-17(12)26-14/h7-9,16H,1-4H3. The summed E-state index contributed by atoms with van der Waals surface area (Å²) in [5.74, 6) is 5.65. The van der Waals surface area contributed by atoms with Gasteiger partial charge in [-0.05, 0) is 36.3 Å². The van der Waals surface area contributed by atoms with E-state index in [9.17, 15) is 4.79 Å². The molecule has 3 rings (SSSR count). The number of aromatic nitrogens is 3. The van der Waals surface area contributed by atoms with Crippen molar-refractivity contribution in [3.8, 4) is 11.8 Å². The highest BCUT2D eigenvalue weighted by atomic mass is 35.5. The number of esters is 1. The first-order chi connectivity index (χ1) is 12.4. The van der Waals surface area contributed by atoms with E-state index in [1.807, 2.05) is 20.8 Å². The Hall–Kier alpha value is -2.43. The van der Waals surface area contributed by atoms with Crippen LogP contribution in [0, 0.1) is 24.7 Å². The molecule has 0 saturated heterocycles. The van der Waals surface area contributed by atoms with Crippen LogP contribution in [0.4, 0.5) is 0 Å². The van der Waals surface area contributed by atoms with Crippen molar-refractivity contribution in [2.45, 2.75) is 26.7 Å². The number of halogens is 1. The van der Waals surface area contributed by atoms with Crippen LogP contribution < -0.4 is 0 Å². The Labute approximate surface area is 159 Å². The number of rotatable bonds is 3. The summed E-state index contributed by atoms with van der Waals surface area (Å²) >= 11 is 7.34. The molecular weight excluding hydrogens is 374 g/mol. The van der Waals surface area contributed by atoms with Crippen molar-refractivity contribution in [2.75, 3.05) is 7.11 Å². The molecular formula is C18H16ClN3O3S. The molecule has 0 saturated carbocycles. The van der Waals surface area contributed by atoms with Crippen LogP contribution in [-0.2, 0) is 9.53 Å². The van der Waals surface area contributed by atoms with Gasteiger partial charge < -0.3 is 9.26 Å². The lowest BCUT2D eigenvalue weighted by Gasteiger charge is -2.14. The Kier molecular flexibility index (Phi) is 5.25. The molecule has 0 bridgehead atoms. The topological polar surface area (TPSA) is 78.1 Å². The number of carbonyl (C=O) groups is 1. The van der Waals surface area contributed by atoms with Crippen molar-refractivity contribution in [2.24, 2.45) is 5.92 Å². The van der Waals surface area contributed by atoms with Gasteiger partial charge in [0, 0.05) is 11.5 Å². The van der Waals surface area contributed by atoms with Gasteiger partial charge in [0.25, 0.3) is 0 Å². The van der Waals surface area contributed by atoms with Crippen molar-refractivity contribution in [1.29, 1.82) is 0 Å². The van der Waals surface area contributed by atoms with Gasteiger partial charge in [-0.25, -0.2) is 0 Å². The van der Waals surface area contributed by atoms with Crippen LogP contribution in [0.3, 0.4) is 0 Å². The molecule has 134 valence electrons. The molecule has 3 aromatic rings. The Morgan fingerprint density at radius 2 is 2.08 bits per heavy atom. The summed E-state index contributed by atoms with van der Waals surface area (Å²) in [5.41, 5.74) is 1.45. The molecule has 0 aliphatic heterocycles. The van der Waals surface area contributed by atoms with Gasteiger partial charge in [-0.1, -0.05) is 30.6 Å². The summed E-state index contributed by atoms with van der Waals surface area (Å²) in [4.78, 5) is 13.6. The maximum atomic E-state index is 11.9. The number of nitrogens with zero attached hydrogens (tertiary/aromatic N) is 3. The van der Waals surface area contributed by atoms with E-state index in [1.54, 1.807) is 12.1 Å². The third kappa shape index (κ3) is 3.57. The van der Waals surface area contributed by atoms with Crippen LogP contribution >= 0.6 is 22.9 Å². The zero-order valence-electron chi connectivity index (χ0n) is 14.7. The first kappa shape index (κ1) is 18.4. The maximum absolute atomic E-state index is 11.9. The molecule has 3 aromatic heterocycles. The van der Waals surface area contributed by atoms with Gasteiger partial charge in [-0.15, -0.1) is 21.5 Å². The van der Waals surface area contributed by atoms with Crippen LogP contribution in [0.1, 0.15) is 41.7 Å². The molecule has 0 aliphatic carbocycles. The second-order valence-electron chi connectivity index (χ2n) is 6.05. The van der Waals surface area contributed by atoms with E-state index in [4.69, 9.17) is 20.9 Å². The SMILES string of the molecule is COC(=O)C(c1cc(C#Cc2sc3nnc(Cl)cc3c2C)no1)C(C)C. The van der Waals surface area contributed by atoms with Gasteiger partial charge in [0.1, 0.15) is 10.7 Å². The first-order valence-electron chi connectivity index (χ1n) is 7.89. The quantitative estimate of drug-likeness (QED) is 0.498. The second-order valence-corrected chi connectivity index (χ2v) is 7.44. The number of aryl methyl sites for hydroxylation is 1. The van der Waals surface area contributed by atoms with Gasteiger partial charge in [-0.3, -0.25) is 4.79 Å². The molecule has 0 fully saturated rings. The second kappa shape index (κ2) is 7.44. The van der Waals surface area contributed by atoms with Crippen molar-refractivity contribution in [1.82, 2.24) is 15.4 Å². The number of methoxy groups -OCH3 is 1. The molecule has 0 aliphatic rings. The largest absolute Gasteiger partial charge is 0.468 e. The van der Waals surface area contributed by atoms with Crippen LogP contribution in [0.5, 0.6) is 0 Å². The molecule has 0 N–H and O–H groups in total. The number of fused-ring (bicyclic) bond motifs is 1. The Morgan fingerprint density at radius 1 is 1.31 bits per heavy atom. The summed E-state index contributed by atoms with van der Waals surface area (Å²) in [7, 11) is 1.36. The van der Waals surface area contributed by atoms with E-state index in [0.29, 0.717) is 16.6 Å². The van der Waals surface area contributed by atoms with E-state index >= 15 is 0 Å². The molecule has 0 amide bonds. The summed E-state index contributed by atoms with van der Waals surface area (Å²) in [6, 6.07) is 3.45. The minimum absolute atomic E-state index is 0.0179. The van der Waals surface area contributed by atoms with Gasteiger partial charge in [0.15, 0.2) is 16.6 Å². The lowest BCUT2D eigenvalue weighted by Crippen LogP contribution is -2.19. The summed E-state index contributed by atoms with van der Waals surface area (Å²) in [6.07, 6.45) is 0. The average molecular weight is 390 g/mol. The van der Waals surface area contributed by atoms with Crippen molar-refractivity contribution < 1.29 is 14.1 Å². The van der Waals surface area contributed by atoms with Crippen molar-refractivity contribution in [3.05, 3.63) is 39.2 Å². The molecule has 1 atom stereocenters. The predicted molar refractivity (Wildman–Crippen MR) is 99.2 cm³/mol. The van der Waals surface area contributed by atoms with Crippen LogP contribution in [0.25, 0.3) is 10.2 Å². The van der Waals surface area contributed by atoms with Crippen molar-refractivity contribution in [3.63, 3.8) is 0 Å². The minimum atomic E-state index is -0.508. The zero-order chi connectivity index (χ0) is 18.8. The third-order valence-corrected chi connectivity index (χ3v) is 5.23. The normalized spacial score (nSPS) is 12.1.